The number of amides is 2. The maximum atomic E-state index is 12.6. The molecule has 0 spiro atoms. The summed E-state index contributed by atoms with van der Waals surface area (Å²) in [4.78, 5) is 21.7. The molecular formula is C26H25N7O3S. The number of nitrogens with zero attached hydrogens (tertiary/aromatic N) is 2. The van der Waals surface area contributed by atoms with Gasteiger partial charge in [-0.15, -0.1) is 0 Å². The lowest BCUT2D eigenvalue weighted by atomic mass is 10.1. The maximum absolute atomic E-state index is 12.6. The van der Waals surface area contributed by atoms with E-state index in [1.165, 1.54) is 0 Å². The fraction of sp³-hybridized carbons (Fsp3) is 0.115. The van der Waals surface area contributed by atoms with Crippen LogP contribution in [0.3, 0.4) is 0 Å². The highest BCUT2D eigenvalue weighted by Crippen LogP contribution is 2.30. The molecule has 2 heterocycles. The van der Waals surface area contributed by atoms with Gasteiger partial charge in [0.05, 0.1) is 4.90 Å². The van der Waals surface area contributed by atoms with Gasteiger partial charge in [0.15, 0.2) is 0 Å². The molecule has 0 saturated heterocycles. The van der Waals surface area contributed by atoms with Gasteiger partial charge in [0.1, 0.15) is 5.82 Å². The Labute approximate surface area is 214 Å². The number of carbonyl (C=O) groups excluding carboxylic acids is 1. The monoisotopic (exact) mass is 515 g/mol. The van der Waals surface area contributed by atoms with Crippen molar-refractivity contribution in [3.8, 4) is 11.1 Å². The topological polar surface area (TPSA) is 137 Å². The second kappa shape index (κ2) is 10.6. The highest BCUT2D eigenvalue weighted by molar-refractivity contribution is 7.89. The zero-order chi connectivity index (χ0) is 25.7. The summed E-state index contributed by atoms with van der Waals surface area (Å²) < 4.78 is 27.8. The number of aromatic nitrogens is 2. The minimum Gasteiger partial charge on any atom is -0.369 e. The standard InChI is InChI=1S/C26H25N7O3S/c34-26(31-19-8-2-1-3-9-19)32-20-10-4-7-18(15-20)23-17-28-25-30-21-11-5-12-22(16-21)37(35,36)29-14-6-13-27-24(23)33-25/h1-5,7-12,15-17,29H,6,13-14H2,(H2,31,32,34)(H2,27,28,30,33). The van der Waals surface area contributed by atoms with E-state index in [1.54, 1.807) is 36.5 Å². The van der Waals surface area contributed by atoms with Crippen molar-refractivity contribution < 1.29 is 13.2 Å². The number of rotatable bonds is 3. The Morgan fingerprint density at radius 2 is 1.65 bits per heavy atom. The number of hydrogen-bond acceptors (Lipinski definition) is 7. The Balaban J connectivity index is 1.40. The molecule has 0 aliphatic carbocycles. The zero-order valence-corrected chi connectivity index (χ0v) is 20.5. The van der Waals surface area contributed by atoms with E-state index < -0.39 is 10.0 Å². The number of hydrogen-bond donors (Lipinski definition) is 5. The van der Waals surface area contributed by atoms with E-state index in [2.05, 4.69) is 36.0 Å². The van der Waals surface area contributed by atoms with E-state index in [0.29, 0.717) is 41.8 Å². The first kappa shape index (κ1) is 24.2. The SMILES string of the molecule is O=C(Nc1ccccc1)Nc1cccc(-c2cnc3nc2NCCCNS(=O)(=O)c2cccc(c2)N3)c1. The number of benzene rings is 3. The van der Waals surface area contributed by atoms with Gasteiger partial charge in [0.2, 0.25) is 16.0 Å². The maximum Gasteiger partial charge on any atom is 0.323 e. The van der Waals surface area contributed by atoms with Crippen molar-refractivity contribution in [1.29, 1.82) is 0 Å². The van der Waals surface area contributed by atoms with E-state index in [4.69, 9.17) is 0 Å². The van der Waals surface area contributed by atoms with Crippen LogP contribution >= 0.6 is 0 Å². The molecule has 1 aromatic heterocycles. The lowest BCUT2D eigenvalue weighted by molar-refractivity contribution is 0.262. The molecule has 3 aromatic carbocycles. The van der Waals surface area contributed by atoms with Crippen LogP contribution in [0.2, 0.25) is 0 Å². The van der Waals surface area contributed by atoms with E-state index in [1.807, 2.05) is 48.5 Å². The molecule has 1 aliphatic rings. The molecule has 0 radical (unpaired) electrons. The number of urea groups is 1. The van der Waals surface area contributed by atoms with Crippen molar-refractivity contribution in [3.05, 3.63) is 85.1 Å². The molecule has 1 aliphatic heterocycles. The number of para-hydroxylation sites is 1. The van der Waals surface area contributed by atoms with Gasteiger partial charge in [0, 0.05) is 41.9 Å². The van der Waals surface area contributed by atoms with Crippen LogP contribution in [-0.2, 0) is 10.0 Å². The molecular weight excluding hydrogens is 490 g/mol. The molecule has 5 rings (SSSR count). The summed E-state index contributed by atoms with van der Waals surface area (Å²) in [5, 5.41) is 12.0. The van der Waals surface area contributed by atoms with Gasteiger partial charge >= 0.3 is 6.03 Å². The molecule has 0 atom stereocenters. The number of carbonyl (C=O) groups is 1. The van der Waals surface area contributed by atoms with Gasteiger partial charge in [0.25, 0.3) is 0 Å². The van der Waals surface area contributed by atoms with Crippen molar-refractivity contribution in [2.45, 2.75) is 11.3 Å². The Morgan fingerprint density at radius 3 is 2.51 bits per heavy atom. The largest absolute Gasteiger partial charge is 0.369 e. The van der Waals surface area contributed by atoms with Crippen molar-refractivity contribution in [1.82, 2.24) is 14.7 Å². The first-order valence-corrected chi connectivity index (χ1v) is 13.2. The Hall–Kier alpha value is -4.48. The molecule has 188 valence electrons. The molecule has 4 bridgehead atoms. The summed E-state index contributed by atoms with van der Waals surface area (Å²) in [7, 11) is -3.62. The number of sulfonamides is 1. The fourth-order valence-electron chi connectivity index (χ4n) is 3.82. The predicted octanol–water partition coefficient (Wildman–Crippen LogP) is 4.63. The predicted molar refractivity (Wildman–Crippen MR) is 145 cm³/mol. The van der Waals surface area contributed by atoms with Gasteiger partial charge in [-0.05, 0) is 54.4 Å². The van der Waals surface area contributed by atoms with Crippen LogP contribution < -0.4 is 26.0 Å². The summed E-state index contributed by atoms with van der Waals surface area (Å²) >= 11 is 0. The van der Waals surface area contributed by atoms with Gasteiger partial charge in [-0.25, -0.2) is 22.9 Å². The normalized spacial score (nSPS) is 14.5. The molecule has 37 heavy (non-hydrogen) atoms. The molecule has 4 aromatic rings. The zero-order valence-electron chi connectivity index (χ0n) is 19.7. The van der Waals surface area contributed by atoms with Gasteiger partial charge < -0.3 is 21.3 Å². The third kappa shape index (κ3) is 6.02. The van der Waals surface area contributed by atoms with E-state index >= 15 is 0 Å². The molecule has 2 amide bonds. The molecule has 0 saturated carbocycles. The minimum atomic E-state index is -3.62. The average molecular weight is 516 g/mol. The fourth-order valence-corrected chi connectivity index (χ4v) is 4.94. The van der Waals surface area contributed by atoms with E-state index in [-0.39, 0.29) is 17.5 Å². The Morgan fingerprint density at radius 1 is 0.865 bits per heavy atom. The molecule has 11 heteroatoms. The highest BCUT2D eigenvalue weighted by atomic mass is 32.2. The van der Waals surface area contributed by atoms with Crippen molar-refractivity contribution in [3.63, 3.8) is 0 Å². The van der Waals surface area contributed by atoms with Crippen LogP contribution in [0, 0.1) is 0 Å². The lowest BCUT2D eigenvalue weighted by Gasteiger charge is -2.14. The quantitative estimate of drug-likeness (QED) is 0.268. The molecule has 0 unspecified atom stereocenters. The highest BCUT2D eigenvalue weighted by Gasteiger charge is 2.16. The second-order valence-electron chi connectivity index (χ2n) is 8.31. The number of fused-ring (bicyclic) bond motifs is 4. The summed E-state index contributed by atoms with van der Waals surface area (Å²) in [6, 6.07) is 22.7. The smallest absolute Gasteiger partial charge is 0.323 e. The lowest BCUT2D eigenvalue weighted by Crippen LogP contribution is -2.26. The van der Waals surface area contributed by atoms with Crippen LogP contribution in [0.1, 0.15) is 6.42 Å². The first-order valence-electron chi connectivity index (χ1n) is 11.7. The number of anilines is 5. The van der Waals surface area contributed by atoms with E-state index in [0.717, 1.165) is 11.1 Å². The van der Waals surface area contributed by atoms with Gasteiger partial charge in [-0.1, -0.05) is 36.4 Å². The summed E-state index contributed by atoms with van der Waals surface area (Å²) in [5.41, 5.74) is 3.39. The van der Waals surface area contributed by atoms with E-state index in [9.17, 15) is 13.2 Å². The molecule has 0 fully saturated rings. The molecule has 10 nitrogen and oxygen atoms in total. The van der Waals surface area contributed by atoms with Crippen LogP contribution in [0.25, 0.3) is 11.1 Å². The van der Waals surface area contributed by atoms with Crippen LogP contribution in [0.5, 0.6) is 0 Å². The summed E-state index contributed by atoms with van der Waals surface area (Å²) in [6.45, 7) is 0.761. The Bertz CT molecular complexity index is 1530. The summed E-state index contributed by atoms with van der Waals surface area (Å²) in [5.74, 6) is 0.908. The van der Waals surface area contributed by atoms with Crippen molar-refractivity contribution in [2.75, 3.05) is 34.4 Å². The van der Waals surface area contributed by atoms with Gasteiger partial charge in [-0.2, -0.15) is 4.98 Å². The van der Waals surface area contributed by atoms with Crippen molar-refractivity contribution >= 4 is 44.9 Å². The average Bonchev–Trinajstić information content (AvgIpc) is 2.89. The summed E-state index contributed by atoms with van der Waals surface area (Å²) in [6.07, 6.45) is 2.24. The second-order valence-corrected chi connectivity index (χ2v) is 10.1. The van der Waals surface area contributed by atoms with Crippen LogP contribution in [0.4, 0.5) is 33.6 Å². The third-order valence-corrected chi connectivity index (χ3v) is 7.05. The van der Waals surface area contributed by atoms with Crippen molar-refractivity contribution in [2.24, 2.45) is 0 Å². The van der Waals surface area contributed by atoms with Gasteiger partial charge in [-0.3, -0.25) is 0 Å². The number of nitrogens with one attached hydrogen (secondary N) is 5. The van der Waals surface area contributed by atoms with Crippen LogP contribution in [0.15, 0.2) is 90.0 Å². The first-order chi connectivity index (χ1) is 18.0. The van der Waals surface area contributed by atoms with Crippen LogP contribution in [-0.4, -0.2) is 37.5 Å². The Kier molecular flexibility index (Phi) is 6.97. The molecule has 5 N–H and O–H groups in total. The minimum absolute atomic E-state index is 0.169. The third-order valence-electron chi connectivity index (χ3n) is 5.59.